The molecule has 2 amide bonds. The number of para-hydroxylation sites is 2. The molecule has 2 aromatic carbocycles. The highest BCUT2D eigenvalue weighted by atomic mass is 35.5. The van der Waals surface area contributed by atoms with Crippen LogP contribution in [0.4, 0.5) is 0 Å². The third-order valence-electron chi connectivity index (χ3n) is 3.48. The van der Waals surface area contributed by atoms with E-state index in [1.54, 1.807) is 24.3 Å². The molecule has 3 rings (SSSR count). The van der Waals surface area contributed by atoms with Crippen LogP contribution in [-0.4, -0.2) is 25.5 Å². The van der Waals surface area contributed by atoms with Crippen LogP contribution in [0.2, 0.25) is 5.02 Å². The largest absolute Gasteiger partial charge is 0.493 e. The lowest BCUT2D eigenvalue weighted by atomic mass is 10.2. The molecule has 8 heteroatoms. The molecule has 2 N–H and O–H groups in total. The molecule has 0 bridgehead atoms. The van der Waals surface area contributed by atoms with Crippen LogP contribution < -0.4 is 20.3 Å². The van der Waals surface area contributed by atoms with E-state index < -0.39 is 11.8 Å². The van der Waals surface area contributed by atoms with Crippen molar-refractivity contribution in [3.63, 3.8) is 0 Å². The van der Waals surface area contributed by atoms with E-state index in [1.807, 2.05) is 24.3 Å². The van der Waals surface area contributed by atoms with Gasteiger partial charge in [0, 0.05) is 10.1 Å². The van der Waals surface area contributed by atoms with E-state index in [1.165, 1.54) is 18.4 Å². The molecule has 134 valence electrons. The first-order chi connectivity index (χ1) is 12.6. The summed E-state index contributed by atoms with van der Waals surface area (Å²) in [5.41, 5.74) is 4.65. The van der Waals surface area contributed by atoms with E-state index in [4.69, 9.17) is 21.1 Å². The molecular formula is C18H15ClN2O4S. The molecule has 0 aliphatic rings. The minimum absolute atomic E-state index is 0.277. The first-order valence-corrected chi connectivity index (χ1v) is 8.81. The monoisotopic (exact) mass is 390 g/mol. The Morgan fingerprint density at radius 2 is 1.73 bits per heavy atom. The Morgan fingerprint density at radius 3 is 2.46 bits per heavy atom. The average Bonchev–Trinajstić information content (AvgIpc) is 3.01. The van der Waals surface area contributed by atoms with Gasteiger partial charge in [0.15, 0.2) is 18.1 Å². The van der Waals surface area contributed by atoms with Crippen LogP contribution in [0.1, 0.15) is 9.67 Å². The molecule has 0 radical (unpaired) electrons. The van der Waals surface area contributed by atoms with Crippen molar-refractivity contribution in [3.05, 3.63) is 58.4 Å². The lowest BCUT2D eigenvalue weighted by molar-refractivity contribution is -0.123. The maximum Gasteiger partial charge on any atom is 0.281 e. The van der Waals surface area contributed by atoms with Crippen molar-refractivity contribution in [1.29, 1.82) is 0 Å². The van der Waals surface area contributed by atoms with Crippen molar-refractivity contribution >= 4 is 44.8 Å². The van der Waals surface area contributed by atoms with Crippen molar-refractivity contribution in [3.8, 4) is 11.5 Å². The summed E-state index contributed by atoms with van der Waals surface area (Å²) in [7, 11) is 1.51. The number of methoxy groups -OCH3 is 1. The molecule has 0 aliphatic heterocycles. The number of ether oxygens (including phenoxy) is 2. The van der Waals surface area contributed by atoms with Crippen LogP contribution >= 0.6 is 22.9 Å². The van der Waals surface area contributed by atoms with Gasteiger partial charge in [-0.15, -0.1) is 11.3 Å². The van der Waals surface area contributed by atoms with Gasteiger partial charge in [-0.05, 0) is 18.2 Å². The van der Waals surface area contributed by atoms with Gasteiger partial charge < -0.3 is 9.47 Å². The van der Waals surface area contributed by atoms with Gasteiger partial charge >= 0.3 is 0 Å². The van der Waals surface area contributed by atoms with Gasteiger partial charge in [0.1, 0.15) is 4.88 Å². The summed E-state index contributed by atoms with van der Waals surface area (Å²) in [5.74, 6) is -0.0475. The van der Waals surface area contributed by atoms with Crippen LogP contribution in [0, 0.1) is 0 Å². The van der Waals surface area contributed by atoms with Crippen LogP contribution in [0.3, 0.4) is 0 Å². The number of thiophene rings is 1. The highest BCUT2D eigenvalue weighted by Gasteiger charge is 2.17. The Morgan fingerprint density at radius 1 is 1.04 bits per heavy atom. The zero-order valence-electron chi connectivity index (χ0n) is 13.7. The van der Waals surface area contributed by atoms with Crippen molar-refractivity contribution in [2.75, 3.05) is 13.7 Å². The number of amides is 2. The summed E-state index contributed by atoms with van der Waals surface area (Å²) >= 11 is 7.50. The number of fused-ring (bicyclic) bond motifs is 1. The van der Waals surface area contributed by atoms with E-state index in [0.29, 0.717) is 21.4 Å². The highest BCUT2D eigenvalue weighted by molar-refractivity contribution is 7.21. The van der Waals surface area contributed by atoms with Gasteiger partial charge in [-0.3, -0.25) is 20.4 Å². The molecular weight excluding hydrogens is 376 g/mol. The molecule has 1 heterocycles. The molecule has 0 saturated heterocycles. The number of carbonyl (C=O) groups excluding carboxylic acids is 2. The molecule has 3 aromatic rings. The van der Waals surface area contributed by atoms with Gasteiger partial charge in [-0.25, -0.2) is 0 Å². The molecule has 0 spiro atoms. The Bertz CT molecular complexity index is 957. The van der Waals surface area contributed by atoms with Crippen LogP contribution in [0.5, 0.6) is 11.5 Å². The number of hydrazine groups is 1. The normalized spacial score (nSPS) is 10.4. The second-order valence-corrected chi connectivity index (χ2v) is 6.61. The first-order valence-electron chi connectivity index (χ1n) is 7.62. The van der Waals surface area contributed by atoms with Crippen LogP contribution in [0.15, 0.2) is 48.5 Å². The zero-order chi connectivity index (χ0) is 18.5. The fourth-order valence-electron chi connectivity index (χ4n) is 2.26. The molecule has 1 aromatic heterocycles. The molecule has 0 saturated carbocycles. The van der Waals surface area contributed by atoms with Gasteiger partial charge in [-0.2, -0.15) is 0 Å². The first kappa shape index (κ1) is 18.0. The van der Waals surface area contributed by atoms with Crippen LogP contribution in [0.25, 0.3) is 10.1 Å². The van der Waals surface area contributed by atoms with Gasteiger partial charge in [-0.1, -0.05) is 41.9 Å². The fraction of sp³-hybridized carbons (Fsp3) is 0.111. The smallest absolute Gasteiger partial charge is 0.281 e. The van der Waals surface area contributed by atoms with Crippen LogP contribution in [-0.2, 0) is 4.79 Å². The Balaban J connectivity index is 1.57. The Hall–Kier alpha value is -2.77. The van der Waals surface area contributed by atoms with Crippen molar-refractivity contribution in [2.45, 2.75) is 0 Å². The maximum absolute atomic E-state index is 12.3. The lowest BCUT2D eigenvalue weighted by Gasteiger charge is -2.10. The summed E-state index contributed by atoms with van der Waals surface area (Å²) in [6, 6.07) is 14.4. The van der Waals surface area contributed by atoms with E-state index in [2.05, 4.69) is 10.9 Å². The topological polar surface area (TPSA) is 76.7 Å². The molecule has 0 fully saturated rings. The lowest BCUT2D eigenvalue weighted by Crippen LogP contribution is -2.43. The van der Waals surface area contributed by atoms with E-state index in [0.717, 1.165) is 10.1 Å². The Kier molecular flexibility index (Phi) is 5.60. The summed E-state index contributed by atoms with van der Waals surface area (Å²) in [5, 5.41) is 1.16. The summed E-state index contributed by atoms with van der Waals surface area (Å²) in [4.78, 5) is 24.5. The number of benzene rings is 2. The summed E-state index contributed by atoms with van der Waals surface area (Å²) < 4.78 is 11.4. The second kappa shape index (κ2) is 8.07. The predicted molar refractivity (Wildman–Crippen MR) is 101 cm³/mol. The van der Waals surface area contributed by atoms with Crippen molar-refractivity contribution < 1.29 is 19.1 Å². The molecule has 0 atom stereocenters. The summed E-state index contributed by atoms with van der Waals surface area (Å²) in [6.07, 6.45) is 0. The molecule has 26 heavy (non-hydrogen) atoms. The second-order valence-electron chi connectivity index (χ2n) is 5.18. The van der Waals surface area contributed by atoms with E-state index >= 15 is 0 Å². The number of halogens is 1. The number of rotatable bonds is 5. The Labute approximate surface area is 158 Å². The summed E-state index contributed by atoms with van der Waals surface area (Å²) in [6.45, 7) is -0.277. The van der Waals surface area contributed by atoms with Crippen molar-refractivity contribution in [2.24, 2.45) is 0 Å². The number of hydrogen-bond donors (Lipinski definition) is 2. The predicted octanol–water partition coefficient (Wildman–Crippen LogP) is 3.40. The van der Waals surface area contributed by atoms with Gasteiger partial charge in [0.05, 0.1) is 12.1 Å². The van der Waals surface area contributed by atoms with E-state index in [9.17, 15) is 9.59 Å². The molecule has 6 nitrogen and oxygen atoms in total. The van der Waals surface area contributed by atoms with Crippen molar-refractivity contribution in [1.82, 2.24) is 10.9 Å². The third-order valence-corrected chi connectivity index (χ3v) is 5.16. The zero-order valence-corrected chi connectivity index (χ0v) is 15.3. The minimum Gasteiger partial charge on any atom is -0.493 e. The SMILES string of the molecule is COc1ccccc1OCC(=O)NNC(=O)c1sc2ccccc2c1Cl. The fourth-order valence-corrected chi connectivity index (χ4v) is 3.67. The highest BCUT2D eigenvalue weighted by Crippen LogP contribution is 2.34. The number of hydrogen-bond acceptors (Lipinski definition) is 5. The molecule has 0 unspecified atom stereocenters. The molecule has 0 aliphatic carbocycles. The number of nitrogens with one attached hydrogen (secondary N) is 2. The third kappa shape index (κ3) is 3.89. The minimum atomic E-state index is -0.513. The maximum atomic E-state index is 12.3. The average molecular weight is 391 g/mol. The quantitative estimate of drug-likeness (QED) is 0.654. The number of carbonyl (C=O) groups is 2. The standard InChI is InChI=1S/C18H15ClN2O4S/c1-24-12-7-3-4-8-13(12)25-10-15(22)20-21-18(23)17-16(19)11-6-2-5-9-14(11)26-17/h2-9H,10H2,1H3,(H,20,22)(H,21,23). The van der Waals surface area contributed by atoms with Gasteiger partial charge in [0.2, 0.25) is 0 Å². The van der Waals surface area contributed by atoms with Gasteiger partial charge in [0.25, 0.3) is 11.8 Å². The van der Waals surface area contributed by atoms with E-state index in [-0.39, 0.29) is 6.61 Å².